The standard InChI is InChI=1S/C8H6N.C5H5.2C4H9.CH2.2ClH.Zr/c1-2-4-8-7(3-1)5-6-9-8;1-2-4-5-3-1;2*1-4(2)3;;;;/h1-5,9H;1-3H,4H2;2*1-3H3;1H2;2*1H;/q4*-1;;;;. The SMILES string of the molecule is C[C-](C)C.C[C-](C)C.Cl.Cl.[C-]1=CC=CC1.[CH2]=[Zr].[c-]1cc2ccccc2[nH]1. The van der Waals surface area contributed by atoms with Crippen LogP contribution in [0.3, 0.4) is 0 Å². The number of allylic oxidation sites excluding steroid dienone is 4. The summed E-state index contributed by atoms with van der Waals surface area (Å²) in [5.74, 6) is 2.83. The molecule has 0 unspecified atom stereocenters. The summed E-state index contributed by atoms with van der Waals surface area (Å²) in [6, 6.07) is 10.1. The molecule has 0 fully saturated rings. The van der Waals surface area contributed by atoms with Crippen molar-refractivity contribution in [1.29, 1.82) is 0 Å². The Labute approximate surface area is 188 Å². The van der Waals surface area contributed by atoms with Crippen molar-refractivity contribution in [2.45, 2.75) is 48.0 Å². The average Bonchev–Trinajstić information content (AvgIpc) is 3.23. The Morgan fingerprint density at radius 1 is 0.962 bits per heavy atom. The van der Waals surface area contributed by atoms with E-state index in [-0.39, 0.29) is 24.8 Å². The van der Waals surface area contributed by atoms with Crippen LogP contribution in [0.15, 0.2) is 48.6 Å². The Morgan fingerprint density at radius 3 is 1.81 bits per heavy atom. The normalized spacial score (nSPS) is 9.81. The zero-order valence-electron chi connectivity index (χ0n) is 16.8. The molecule has 26 heavy (non-hydrogen) atoms. The Morgan fingerprint density at radius 2 is 1.46 bits per heavy atom. The number of fused-ring (bicyclic) bond motifs is 1. The van der Waals surface area contributed by atoms with Crippen molar-refractivity contribution in [1.82, 2.24) is 4.98 Å². The minimum absolute atomic E-state index is 0. The number of aromatic amines is 1. The number of aromatic nitrogens is 1. The first-order valence-electron chi connectivity index (χ1n) is 7.98. The van der Waals surface area contributed by atoms with Crippen molar-refractivity contribution in [3.8, 4) is 0 Å². The molecule has 0 amide bonds. The third-order valence-corrected chi connectivity index (χ3v) is 1.98. The van der Waals surface area contributed by atoms with Crippen LogP contribution in [0.1, 0.15) is 48.0 Å². The molecule has 2 aromatic rings. The van der Waals surface area contributed by atoms with Gasteiger partial charge >= 0.3 is 28.4 Å². The molecule has 0 atom stereocenters. The molecule has 148 valence electrons. The van der Waals surface area contributed by atoms with Gasteiger partial charge in [-0.3, -0.25) is 6.08 Å². The maximum atomic E-state index is 3.34. The number of H-pyrrole nitrogens is 1. The summed E-state index contributed by atoms with van der Waals surface area (Å²) < 4.78 is 3.34. The van der Waals surface area contributed by atoms with Crippen molar-refractivity contribution in [3.05, 3.63) is 72.7 Å². The molecular weight excluding hydrogens is 440 g/mol. The fourth-order valence-corrected chi connectivity index (χ4v) is 1.27. The van der Waals surface area contributed by atoms with Crippen LogP contribution in [0.4, 0.5) is 0 Å². The Kier molecular flexibility index (Phi) is 31.4. The van der Waals surface area contributed by atoms with E-state index in [1.165, 1.54) is 41.5 Å². The van der Waals surface area contributed by atoms with Gasteiger partial charge in [0.25, 0.3) is 0 Å². The quantitative estimate of drug-likeness (QED) is 0.386. The topological polar surface area (TPSA) is 15.8 Å². The van der Waals surface area contributed by atoms with Gasteiger partial charge in [-0.05, 0) is 0 Å². The summed E-state index contributed by atoms with van der Waals surface area (Å²) in [4.78, 5) is 2.99. The molecule has 0 spiro atoms. The second-order valence-electron chi connectivity index (χ2n) is 6.00. The van der Waals surface area contributed by atoms with E-state index in [1.54, 1.807) is 0 Å². The predicted molar refractivity (Wildman–Crippen MR) is 121 cm³/mol. The number of rotatable bonds is 0. The number of hydrogen-bond donors (Lipinski definition) is 1. The van der Waals surface area contributed by atoms with Gasteiger partial charge in [0, 0.05) is 0 Å². The first kappa shape index (κ1) is 33.2. The molecule has 1 aliphatic rings. The molecule has 1 heterocycles. The van der Waals surface area contributed by atoms with Crippen LogP contribution < -0.4 is 0 Å². The van der Waals surface area contributed by atoms with E-state index in [0.717, 1.165) is 11.9 Å². The summed E-state index contributed by atoms with van der Waals surface area (Å²) >= 11 is 1.30. The average molecular weight is 474 g/mol. The van der Waals surface area contributed by atoms with Gasteiger partial charge in [-0.25, -0.2) is 12.2 Å². The first-order chi connectivity index (χ1) is 11.4. The van der Waals surface area contributed by atoms with E-state index in [1.807, 2.05) is 36.4 Å². The number of nitrogens with one attached hydrogen (secondary N) is 1. The van der Waals surface area contributed by atoms with Gasteiger partial charge in [-0.15, -0.1) is 55.1 Å². The zero-order chi connectivity index (χ0) is 18.8. The van der Waals surface area contributed by atoms with Crippen molar-refractivity contribution in [2.24, 2.45) is 0 Å². The summed E-state index contributed by atoms with van der Waals surface area (Å²) in [6.07, 6.45) is 12.9. The van der Waals surface area contributed by atoms with E-state index in [2.05, 4.69) is 75.2 Å². The van der Waals surface area contributed by atoms with E-state index in [9.17, 15) is 0 Å². The molecule has 0 aliphatic heterocycles. The fourth-order valence-electron chi connectivity index (χ4n) is 1.27. The van der Waals surface area contributed by atoms with Crippen molar-refractivity contribution in [3.63, 3.8) is 0 Å². The third kappa shape index (κ3) is 25.8. The van der Waals surface area contributed by atoms with Crippen LogP contribution >= 0.6 is 24.8 Å². The second kappa shape index (κ2) is 24.6. The molecular formula is C22H33Cl2NZr-4. The first-order valence-corrected chi connectivity index (χ1v) is 9.71. The van der Waals surface area contributed by atoms with E-state index < -0.39 is 0 Å². The number of benzene rings is 1. The van der Waals surface area contributed by atoms with E-state index >= 15 is 0 Å². The Balaban J connectivity index is -0.000000125. The summed E-state index contributed by atoms with van der Waals surface area (Å²) in [6.45, 7) is 12.5. The van der Waals surface area contributed by atoms with Gasteiger partial charge in [-0.2, -0.15) is 59.1 Å². The van der Waals surface area contributed by atoms with E-state index in [4.69, 9.17) is 0 Å². The minimum Gasteiger partial charge on any atom is -0.477 e. The molecule has 1 aromatic carbocycles. The third-order valence-electron chi connectivity index (χ3n) is 1.98. The van der Waals surface area contributed by atoms with Crippen LogP contribution in [-0.4, -0.2) is 9.20 Å². The van der Waals surface area contributed by atoms with Crippen LogP contribution in [0.5, 0.6) is 0 Å². The maximum absolute atomic E-state index is 3.34. The Hall–Kier alpha value is -0.427. The van der Waals surface area contributed by atoms with Crippen LogP contribution in [-0.2, 0) is 24.2 Å². The van der Waals surface area contributed by atoms with Crippen LogP contribution in [0, 0.1) is 24.1 Å². The maximum Gasteiger partial charge on any atom is -0.0745 e. The van der Waals surface area contributed by atoms with Gasteiger partial charge in [-0.1, -0.05) is 12.1 Å². The van der Waals surface area contributed by atoms with Gasteiger partial charge in [0.2, 0.25) is 0 Å². The molecule has 0 saturated carbocycles. The zero-order valence-corrected chi connectivity index (χ0v) is 20.9. The predicted octanol–water partition coefficient (Wildman–Crippen LogP) is 7.32. The molecule has 4 heteroatoms. The molecule has 1 N–H and O–H groups in total. The van der Waals surface area contributed by atoms with Gasteiger partial charge in [0.1, 0.15) is 0 Å². The van der Waals surface area contributed by atoms with Gasteiger partial charge in [0.15, 0.2) is 0 Å². The van der Waals surface area contributed by atoms with Crippen LogP contribution in [0.25, 0.3) is 10.9 Å². The summed E-state index contributed by atoms with van der Waals surface area (Å²) in [7, 11) is 0. The van der Waals surface area contributed by atoms with Crippen molar-refractivity contribution < 1.29 is 24.2 Å². The minimum atomic E-state index is 0. The second-order valence-corrected chi connectivity index (χ2v) is 6.00. The number of para-hydroxylation sites is 1. The number of hydrogen-bond acceptors (Lipinski definition) is 0. The number of halogens is 2. The molecule has 1 aromatic heterocycles. The molecule has 3 rings (SSSR count). The Bertz CT molecular complexity index is 508. The molecule has 0 bridgehead atoms. The fraction of sp³-hybridized carbons (Fsp3) is 0.318. The van der Waals surface area contributed by atoms with Gasteiger partial charge < -0.3 is 16.8 Å². The molecule has 0 saturated heterocycles. The largest absolute Gasteiger partial charge is 0.477 e. The van der Waals surface area contributed by atoms with Crippen LogP contribution in [0.2, 0.25) is 0 Å². The molecule has 0 radical (unpaired) electrons. The molecule has 1 nitrogen and oxygen atoms in total. The monoisotopic (exact) mass is 471 g/mol. The van der Waals surface area contributed by atoms with Gasteiger partial charge in [0.05, 0.1) is 0 Å². The molecule has 1 aliphatic carbocycles. The summed E-state index contributed by atoms with van der Waals surface area (Å²) in [5.41, 5.74) is 1.15. The summed E-state index contributed by atoms with van der Waals surface area (Å²) in [5, 5.41) is 1.22. The smallest absolute Gasteiger partial charge is 0.0745 e. The van der Waals surface area contributed by atoms with E-state index in [0.29, 0.717) is 0 Å². The van der Waals surface area contributed by atoms with Crippen molar-refractivity contribution >= 4 is 39.9 Å². The van der Waals surface area contributed by atoms with Crippen molar-refractivity contribution in [2.75, 3.05) is 0 Å².